The maximum atomic E-state index is 11.4. The van der Waals surface area contributed by atoms with E-state index < -0.39 is 0 Å². The number of anilines is 1. The number of rotatable bonds is 3. The second-order valence-corrected chi connectivity index (χ2v) is 6.66. The molecule has 1 amide bonds. The third kappa shape index (κ3) is 3.37. The molecule has 0 bridgehead atoms. The number of hydrogen-bond acceptors (Lipinski definition) is 6. The van der Waals surface area contributed by atoms with Crippen molar-refractivity contribution >= 4 is 11.7 Å². The molecule has 2 aromatic heterocycles. The van der Waals surface area contributed by atoms with E-state index in [2.05, 4.69) is 15.5 Å². The summed E-state index contributed by atoms with van der Waals surface area (Å²) in [6.45, 7) is 5.11. The Labute approximate surface area is 146 Å². The van der Waals surface area contributed by atoms with Crippen molar-refractivity contribution in [3.05, 3.63) is 29.7 Å². The molecule has 2 aromatic rings. The van der Waals surface area contributed by atoms with Crippen molar-refractivity contribution in [1.82, 2.24) is 20.6 Å². The first kappa shape index (κ1) is 16.1. The quantitative estimate of drug-likeness (QED) is 0.871. The largest absolute Gasteiger partial charge is 0.461 e. The van der Waals surface area contributed by atoms with Crippen molar-refractivity contribution < 1.29 is 9.21 Å². The Morgan fingerprint density at radius 3 is 3.04 bits per heavy atom. The molecule has 25 heavy (non-hydrogen) atoms. The average molecular weight is 341 g/mol. The summed E-state index contributed by atoms with van der Waals surface area (Å²) in [4.78, 5) is 23.3. The standard InChI is InChI=1S/C18H23N5O2/c1-12(24)20-13-6-9-23(11-13)18-14-4-7-19-8-5-15(14)21-17(22-18)16-3-2-10-25-16/h2-3,10,13,19H,4-9,11H2,1H3,(H,20,24)/t13-/m0/s1. The summed E-state index contributed by atoms with van der Waals surface area (Å²) >= 11 is 0. The Morgan fingerprint density at radius 2 is 2.24 bits per heavy atom. The van der Waals surface area contributed by atoms with Gasteiger partial charge in [0.05, 0.1) is 12.0 Å². The highest BCUT2D eigenvalue weighted by molar-refractivity contribution is 5.73. The van der Waals surface area contributed by atoms with Crippen LogP contribution < -0.4 is 15.5 Å². The van der Waals surface area contributed by atoms with Crippen LogP contribution in [0.3, 0.4) is 0 Å². The molecule has 4 heterocycles. The highest BCUT2D eigenvalue weighted by Gasteiger charge is 2.28. The zero-order valence-electron chi connectivity index (χ0n) is 14.4. The Balaban J connectivity index is 1.70. The van der Waals surface area contributed by atoms with Gasteiger partial charge in [0.25, 0.3) is 0 Å². The minimum atomic E-state index is 0.0221. The van der Waals surface area contributed by atoms with E-state index in [0.29, 0.717) is 11.6 Å². The van der Waals surface area contributed by atoms with Gasteiger partial charge in [-0.25, -0.2) is 9.97 Å². The van der Waals surface area contributed by atoms with E-state index in [1.165, 1.54) is 5.56 Å². The van der Waals surface area contributed by atoms with Crippen molar-refractivity contribution in [2.75, 3.05) is 31.1 Å². The van der Waals surface area contributed by atoms with Crippen LogP contribution in [-0.4, -0.2) is 48.1 Å². The lowest BCUT2D eigenvalue weighted by Gasteiger charge is -2.22. The van der Waals surface area contributed by atoms with Crippen molar-refractivity contribution in [3.63, 3.8) is 0 Å². The van der Waals surface area contributed by atoms with Gasteiger partial charge in [0.1, 0.15) is 5.82 Å². The Bertz CT molecular complexity index is 759. The number of furan rings is 1. The van der Waals surface area contributed by atoms with Crippen molar-refractivity contribution in [2.24, 2.45) is 0 Å². The minimum absolute atomic E-state index is 0.0221. The maximum absolute atomic E-state index is 11.4. The van der Waals surface area contributed by atoms with Gasteiger partial charge in [0.2, 0.25) is 5.91 Å². The molecule has 2 N–H and O–H groups in total. The first-order chi connectivity index (χ1) is 12.2. The summed E-state index contributed by atoms with van der Waals surface area (Å²) in [5.41, 5.74) is 2.33. The molecule has 132 valence electrons. The lowest BCUT2D eigenvalue weighted by Crippen LogP contribution is -2.36. The highest BCUT2D eigenvalue weighted by Crippen LogP contribution is 2.29. The van der Waals surface area contributed by atoms with Crippen molar-refractivity contribution in [2.45, 2.75) is 32.2 Å². The van der Waals surface area contributed by atoms with Gasteiger partial charge in [-0.15, -0.1) is 0 Å². The first-order valence-electron chi connectivity index (χ1n) is 8.87. The SMILES string of the molecule is CC(=O)N[C@H]1CCN(c2nc(-c3ccco3)nc3c2CCNCC3)C1. The van der Waals surface area contributed by atoms with E-state index >= 15 is 0 Å². The number of carbonyl (C=O) groups excluding carboxylic acids is 1. The number of nitrogens with one attached hydrogen (secondary N) is 2. The molecule has 0 aromatic carbocycles. The zero-order valence-corrected chi connectivity index (χ0v) is 14.4. The lowest BCUT2D eigenvalue weighted by atomic mass is 10.1. The van der Waals surface area contributed by atoms with Crippen molar-refractivity contribution in [3.8, 4) is 11.6 Å². The van der Waals surface area contributed by atoms with E-state index in [1.807, 2.05) is 12.1 Å². The van der Waals surface area contributed by atoms with Crippen LogP contribution in [-0.2, 0) is 17.6 Å². The van der Waals surface area contributed by atoms with Crippen molar-refractivity contribution in [1.29, 1.82) is 0 Å². The number of fused-ring (bicyclic) bond motifs is 1. The molecule has 0 aliphatic carbocycles. The second kappa shape index (κ2) is 6.84. The van der Waals surface area contributed by atoms with Gasteiger partial charge >= 0.3 is 0 Å². The van der Waals surface area contributed by atoms with Crippen LogP contribution >= 0.6 is 0 Å². The number of amides is 1. The molecule has 0 unspecified atom stereocenters. The third-order valence-electron chi connectivity index (χ3n) is 4.80. The normalized spacial score (nSPS) is 20.2. The number of carbonyl (C=O) groups is 1. The fraction of sp³-hybridized carbons (Fsp3) is 0.500. The fourth-order valence-corrected chi connectivity index (χ4v) is 3.66. The summed E-state index contributed by atoms with van der Waals surface area (Å²) < 4.78 is 5.52. The van der Waals surface area contributed by atoms with Crippen LogP contribution in [0.2, 0.25) is 0 Å². The predicted octanol–water partition coefficient (Wildman–Crippen LogP) is 1.14. The molecule has 2 aliphatic heterocycles. The van der Waals surface area contributed by atoms with E-state index in [1.54, 1.807) is 13.2 Å². The maximum Gasteiger partial charge on any atom is 0.217 e. The first-order valence-corrected chi connectivity index (χ1v) is 8.87. The molecule has 1 fully saturated rings. The van der Waals surface area contributed by atoms with Crippen LogP contribution in [0, 0.1) is 0 Å². The molecule has 0 saturated carbocycles. The zero-order chi connectivity index (χ0) is 17.2. The Hall–Kier alpha value is -2.41. The van der Waals surface area contributed by atoms with E-state index in [4.69, 9.17) is 14.4 Å². The topological polar surface area (TPSA) is 83.3 Å². The minimum Gasteiger partial charge on any atom is -0.461 e. The third-order valence-corrected chi connectivity index (χ3v) is 4.80. The van der Waals surface area contributed by atoms with Gasteiger partial charge < -0.3 is 20.0 Å². The second-order valence-electron chi connectivity index (χ2n) is 6.66. The van der Waals surface area contributed by atoms with Gasteiger partial charge in [0.15, 0.2) is 11.6 Å². The van der Waals surface area contributed by atoms with E-state index in [9.17, 15) is 4.79 Å². The Kier molecular flexibility index (Phi) is 4.40. The van der Waals surface area contributed by atoms with Crippen LogP contribution in [0.15, 0.2) is 22.8 Å². The van der Waals surface area contributed by atoms with E-state index in [0.717, 1.165) is 57.0 Å². The van der Waals surface area contributed by atoms with Crippen LogP contribution in [0.4, 0.5) is 5.82 Å². The van der Waals surface area contributed by atoms with Gasteiger partial charge in [-0.3, -0.25) is 4.79 Å². The molecule has 1 saturated heterocycles. The summed E-state index contributed by atoms with van der Waals surface area (Å²) in [6, 6.07) is 3.93. The van der Waals surface area contributed by atoms with Crippen LogP contribution in [0.25, 0.3) is 11.6 Å². The van der Waals surface area contributed by atoms with Gasteiger partial charge in [-0.1, -0.05) is 0 Å². The summed E-state index contributed by atoms with van der Waals surface area (Å²) in [7, 11) is 0. The molecule has 0 radical (unpaired) electrons. The van der Waals surface area contributed by atoms with Crippen LogP contribution in [0.1, 0.15) is 24.6 Å². The summed E-state index contributed by atoms with van der Waals surface area (Å²) in [5, 5.41) is 6.46. The smallest absolute Gasteiger partial charge is 0.217 e. The molecular weight excluding hydrogens is 318 g/mol. The fourth-order valence-electron chi connectivity index (χ4n) is 3.66. The molecule has 7 heteroatoms. The molecular formula is C18H23N5O2. The molecule has 1 atom stereocenters. The summed E-state index contributed by atoms with van der Waals surface area (Å²) in [5.74, 6) is 2.35. The predicted molar refractivity (Wildman–Crippen MR) is 94.4 cm³/mol. The number of aromatic nitrogens is 2. The lowest BCUT2D eigenvalue weighted by molar-refractivity contribution is -0.119. The monoisotopic (exact) mass is 341 g/mol. The molecule has 2 aliphatic rings. The molecule has 0 spiro atoms. The number of nitrogens with zero attached hydrogens (tertiary/aromatic N) is 3. The summed E-state index contributed by atoms with van der Waals surface area (Å²) in [6.07, 6.45) is 4.40. The highest BCUT2D eigenvalue weighted by atomic mass is 16.3. The Morgan fingerprint density at radius 1 is 1.36 bits per heavy atom. The molecule has 4 rings (SSSR count). The molecule has 7 nitrogen and oxygen atoms in total. The average Bonchev–Trinajstić information content (AvgIpc) is 3.21. The van der Waals surface area contributed by atoms with Crippen LogP contribution in [0.5, 0.6) is 0 Å². The van der Waals surface area contributed by atoms with Gasteiger partial charge in [-0.05, 0) is 31.5 Å². The number of hydrogen-bond donors (Lipinski definition) is 2. The van der Waals surface area contributed by atoms with E-state index in [-0.39, 0.29) is 11.9 Å². The van der Waals surface area contributed by atoms with Gasteiger partial charge in [-0.2, -0.15) is 0 Å². The van der Waals surface area contributed by atoms with Gasteiger partial charge in [0, 0.05) is 44.6 Å².